The molecule has 0 aromatic carbocycles. The van der Waals surface area contributed by atoms with Crippen molar-refractivity contribution in [3.05, 3.63) is 0 Å². The van der Waals surface area contributed by atoms with Crippen LogP contribution in [0.5, 0.6) is 0 Å². The molecule has 2 rings (SSSR count). The summed E-state index contributed by atoms with van der Waals surface area (Å²) in [4.78, 5) is 36.7. The topological polar surface area (TPSA) is 134 Å². The molecule has 2 heterocycles. The van der Waals surface area contributed by atoms with Gasteiger partial charge in [0.2, 0.25) is 0 Å². The summed E-state index contributed by atoms with van der Waals surface area (Å²) in [5.74, 6) is 0.699. The van der Waals surface area contributed by atoms with Gasteiger partial charge in [-0.25, -0.2) is 0 Å². The van der Waals surface area contributed by atoms with Gasteiger partial charge in [-0.15, -0.1) is 0 Å². The number of hydrogen-bond acceptors (Lipinski definition) is 10. The second-order valence-corrected chi connectivity index (χ2v) is 8.19. The van der Waals surface area contributed by atoms with Crippen LogP contribution >= 0.6 is 0 Å². The summed E-state index contributed by atoms with van der Waals surface area (Å²) in [5, 5.41) is 18.7. The van der Waals surface area contributed by atoms with Crippen molar-refractivity contribution >= 4 is 26.4 Å². The number of methoxy groups -OCH3 is 2. The standard InChI is InChI=1S/C10H22BNO2.C8H18BNO2.2CO2/c1-4-10(9-14-3)5-7-12(8-6-10)11(2)13;1-9(11)10-5-3-8(4-6-10)7-12-2;2*2-1-3/h13H,4-9H2,1-3H3;8,11H,3-7H2,1-2H3;;. The van der Waals surface area contributed by atoms with Crippen molar-refractivity contribution in [1.29, 1.82) is 0 Å². The summed E-state index contributed by atoms with van der Waals surface area (Å²) in [6.07, 6.45) is 6.26. The molecular weight excluding hydrogens is 418 g/mol. The lowest BCUT2D eigenvalue weighted by Crippen LogP contribution is -2.47. The summed E-state index contributed by atoms with van der Waals surface area (Å²) < 4.78 is 10.4. The van der Waals surface area contributed by atoms with Crippen molar-refractivity contribution in [2.75, 3.05) is 53.6 Å². The van der Waals surface area contributed by atoms with Gasteiger partial charge in [0, 0.05) is 20.8 Å². The van der Waals surface area contributed by atoms with E-state index in [-0.39, 0.29) is 26.4 Å². The predicted octanol–water partition coefficient (Wildman–Crippen LogP) is 0.523. The average molecular weight is 458 g/mol. The largest absolute Gasteiger partial charge is 0.437 e. The van der Waals surface area contributed by atoms with Crippen molar-refractivity contribution in [3.63, 3.8) is 0 Å². The molecule has 184 valence electrons. The molecule has 0 saturated carbocycles. The zero-order valence-electron chi connectivity index (χ0n) is 20.2. The Bertz CT molecular complexity index is 500. The third kappa shape index (κ3) is 14.7. The molecule has 0 aromatic heterocycles. The van der Waals surface area contributed by atoms with Crippen LogP contribution in [0.2, 0.25) is 13.6 Å². The predicted molar refractivity (Wildman–Crippen MR) is 119 cm³/mol. The zero-order valence-corrected chi connectivity index (χ0v) is 20.2. The first-order chi connectivity index (χ1) is 15.2. The van der Waals surface area contributed by atoms with Crippen LogP contribution in [0, 0.1) is 11.3 Å². The van der Waals surface area contributed by atoms with Gasteiger partial charge >= 0.3 is 26.4 Å². The molecule has 0 radical (unpaired) electrons. The Morgan fingerprint density at radius 1 is 0.875 bits per heavy atom. The Kier molecular flexibility index (Phi) is 20.8. The summed E-state index contributed by atoms with van der Waals surface area (Å²) in [6.45, 7) is 11.6. The van der Waals surface area contributed by atoms with E-state index in [4.69, 9.17) is 28.7 Å². The molecule has 2 fully saturated rings. The average Bonchev–Trinajstić information content (AvgIpc) is 2.76. The van der Waals surface area contributed by atoms with E-state index in [1.807, 2.05) is 13.6 Å². The first-order valence-corrected chi connectivity index (χ1v) is 11.0. The number of carbonyl (C=O) groups excluding carboxylic acids is 4. The molecule has 0 atom stereocenters. The summed E-state index contributed by atoms with van der Waals surface area (Å²) in [7, 11) is 2.94. The van der Waals surface area contributed by atoms with E-state index in [2.05, 4.69) is 16.5 Å². The van der Waals surface area contributed by atoms with Crippen LogP contribution in [0.1, 0.15) is 39.0 Å². The van der Waals surface area contributed by atoms with E-state index in [0.29, 0.717) is 11.3 Å². The fraction of sp³-hybridized carbons (Fsp3) is 0.900. The van der Waals surface area contributed by atoms with E-state index < -0.39 is 0 Å². The minimum atomic E-state index is -0.299. The van der Waals surface area contributed by atoms with Gasteiger partial charge in [-0.2, -0.15) is 19.2 Å². The van der Waals surface area contributed by atoms with Gasteiger partial charge < -0.3 is 29.1 Å². The van der Waals surface area contributed by atoms with Gasteiger partial charge in [-0.05, 0) is 83.3 Å². The fourth-order valence-electron chi connectivity index (χ4n) is 4.01. The highest BCUT2D eigenvalue weighted by atomic mass is 16.5. The second-order valence-electron chi connectivity index (χ2n) is 8.19. The number of rotatable bonds is 7. The molecule has 0 aromatic rings. The molecule has 0 aliphatic carbocycles. The van der Waals surface area contributed by atoms with Crippen LogP contribution in [0.3, 0.4) is 0 Å². The SMILES string of the molecule is CCC1(COC)CCN(B(C)O)CC1.COCC1CCN(B(C)O)CC1.O=C=O.O=C=O. The lowest BCUT2D eigenvalue weighted by atomic mass is 9.73. The molecule has 12 heteroatoms. The van der Waals surface area contributed by atoms with Crippen LogP contribution < -0.4 is 0 Å². The van der Waals surface area contributed by atoms with E-state index in [1.54, 1.807) is 14.2 Å². The Morgan fingerprint density at radius 3 is 1.59 bits per heavy atom. The summed E-state index contributed by atoms with van der Waals surface area (Å²) in [5.41, 5.74) is 0.361. The Hall–Kier alpha value is -1.35. The molecule has 32 heavy (non-hydrogen) atoms. The van der Waals surface area contributed by atoms with Gasteiger partial charge in [0.25, 0.3) is 0 Å². The van der Waals surface area contributed by atoms with Crippen molar-refractivity contribution in [2.24, 2.45) is 11.3 Å². The van der Waals surface area contributed by atoms with Gasteiger partial charge in [0.15, 0.2) is 0 Å². The van der Waals surface area contributed by atoms with Gasteiger partial charge in [-0.3, -0.25) is 0 Å². The molecular formula is C20H40B2N2O8. The molecule has 10 nitrogen and oxygen atoms in total. The maximum absolute atomic E-state index is 9.44. The Morgan fingerprint density at radius 2 is 1.28 bits per heavy atom. The van der Waals surface area contributed by atoms with Gasteiger partial charge in [0.1, 0.15) is 0 Å². The fourth-order valence-corrected chi connectivity index (χ4v) is 4.01. The van der Waals surface area contributed by atoms with Crippen molar-refractivity contribution in [1.82, 2.24) is 9.62 Å². The molecule has 0 spiro atoms. The molecule has 2 aliphatic rings. The minimum absolute atomic E-state index is 0.250. The van der Waals surface area contributed by atoms with E-state index >= 15 is 0 Å². The molecule has 0 unspecified atom stereocenters. The molecule has 2 aliphatic heterocycles. The zero-order chi connectivity index (χ0) is 25.0. The maximum Gasteiger partial charge on any atom is 0.376 e. The van der Waals surface area contributed by atoms with E-state index in [9.17, 15) is 10.0 Å². The summed E-state index contributed by atoms with van der Waals surface area (Å²) in [6, 6.07) is 0. The minimum Gasteiger partial charge on any atom is -0.437 e. The molecule has 0 bridgehead atoms. The molecule has 2 saturated heterocycles. The van der Waals surface area contributed by atoms with Crippen LogP contribution in [0.15, 0.2) is 0 Å². The van der Waals surface area contributed by atoms with Crippen LogP contribution in [-0.4, -0.2) is 99.7 Å². The van der Waals surface area contributed by atoms with Gasteiger partial charge in [0.05, 0.1) is 6.61 Å². The molecule has 0 amide bonds. The van der Waals surface area contributed by atoms with Crippen molar-refractivity contribution < 1.29 is 38.7 Å². The van der Waals surface area contributed by atoms with Crippen LogP contribution in [0.4, 0.5) is 0 Å². The van der Waals surface area contributed by atoms with E-state index in [1.165, 1.54) is 6.42 Å². The normalized spacial score (nSPS) is 18.2. The highest BCUT2D eigenvalue weighted by molar-refractivity contribution is 6.45. The second kappa shape index (κ2) is 20.3. The molecule has 2 N–H and O–H groups in total. The van der Waals surface area contributed by atoms with Gasteiger partial charge in [-0.1, -0.05) is 6.92 Å². The Labute approximate surface area is 192 Å². The number of nitrogens with zero attached hydrogens (tertiary/aromatic N) is 2. The first-order valence-electron chi connectivity index (χ1n) is 11.0. The maximum atomic E-state index is 9.44. The third-order valence-corrected chi connectivity index (χ3v) is 6.17. The number of ether oxygens (including phenoxy) is 2. The van der Waals surface area contributed by atoms with Crippen molar-refractivity contribution in [2.45, 2.75) is 52.7 Å². The number of piperidine rings is 2. The highest BCUT2D eigenvalue weighted by Crippen LogP contribution is 2.35. The van der Waals surface area contributed by atoms with Crippen molar-refractivity contribution in [3.8, 4) is 0 Å². The first kappa shape index (κ1) is 32.8. The van der Waals surface area contributed by atoms with E-state index in [0.717, 1.165) is 65.1 Å². The Balaban J connectivity index is 0. The lowest BCUT2D eigenvalue weighted by molar-refractivity contribution is -0.193. The smallest absolute Gasteiger partial charge is 0.376 e. The monoisotopic (exact) mass is 458 g/mol. The van der Waals surface area contributed by atoms with Crippen LogP contribution in [-0.2, 0) is 28.7 Å². The quantitative estimate of drug-likeness (QED) is 0.521. The third-order valence-electron chi connectivity index (χ3n) is 6.17. The lowest BCUT2D eigenvalue weighted by Gasteiger charge is -2.41. The number of hydrogen-bond donors (Lipinski definition) is 2. The summed E-state index contributed by atoms with van der Waals surface area (Å²) >= 11 is 0. The highest BCUT2D eigenvalue weighted by Gasteiger charge is 2.34. The van der Waals surface area contributed by atoms with Crippen LogP contribution in [0.25, 0.3) is 0 Å².